The molecule has 2 bridgehead atoms. The van der Waals surface area contributed by atoms with Crippen LogP contribution in [0.15, 0.2) is 30.3 Å². The second-order valence-electron chi connectivity index (χ2n) is 6.61. The van der Waals surface area contributed by atoms with Crippen molar-refractivity contribution in [1.29, 1.82) is 0 Å². The summed E-state index contributed by atoms with van der Waals surface area (Å²) >= 11 is 0. The highest BCUT2D eigenvalue weighted by molar-refractivity contribution is 5.68. The van der Waals surface area contributed by atoms with Crippen LogP contribution >= 0.6 is 0 Å². The summed E-state index contributed by atoms with van der Waals surface area (Å²) in [5, 5.41) is 0. The van der Waals surface area contributed by atoms with E-state index in [-0.39, 0.29) is 6.09 Å². The Morgan fingerprint density at radius 3 is 2.40 bits per heavy atom. The van der Waals surface area contributed by atoms with Crippen molar-refractivity contribution in [2.45, 2.75) is 25.9 Å². The van der Waals surface area contributed by atoms with E-state index in [0.29, 0.717) is 6.61 Å². The molecule has 1 amide bonds. The van der Waals surface area contributed by atoms with Gasteiger partial charge in [-0.2, -0.15) is 0 Å². The lowest BCUT2D eigenvalue weighted by Crippen LogP contribution is -2.30. The Labute approximate surface area is 119 Å². The van der Waals surface area contributed by atoms with Crippen LogP contribution in [-0.4, -0.2) is 24.1 Å². The lowest BCUT2D eigenvalue weighted by atomic mass is 9.82. The quantitative estimate of drug-likeness (QED) is 0.826. The standard InChI is InChI=1S/C17H21NO2/c19-17(20-11-12-4-2-1-3-5-12)18-9-15-13-6-7-14(8-13)16(15)10-18/h1-5,13-16H,6-11H2. The minimum atomic E-state index is -0.123. The SMILES string of the molecule is O=C(OCc1ccccc1)N1CC2C3CCC(C3)C2C1. The molecule has 2 aliphatic carbocycles. The molecule has 1 heterocycles. The average molecular weight is 271 g/mol. The molecule has 2 saturated carbocycles. The minimum Gasteiger partial charge on any atom is -0.445 e. The molecule has 0 aromatic heterocycles. The first-order chi connectivity index (χ1) is 9.81. The van der Waals surface area contributed by atoms with Gasteiger partial charge in [-0.3, -0.25) is 0 Å². The van der Waals surface area contributed by atoms with Gasteiger partial charge in [-0.05, 0) is 48.5 Å². The monoisotopic (exact) mass is 271 g/mol. The van der Waals surface area contributed by atoms with Crippen LogP contribution in [0, 0.1) is 23.7 Å². The highest BCUT2D eigenvalue weighted by Crippen LogP contribution is 2.55. The van der Waals surface area contributed by atoms with Gasteiger partial charge in [-0.15, -0.1) is 0 Å². The van der Waals surface area contributed by atoms with Gasteiger partial charge >= 0.3 is 6.09 Å². The van der Waals surface area contributed by atoms with Gasteiger partial charge in [-0.25, -0.2) is 4.79 Å². The van der Waals surface area contributed by atoms with Crippen molar-refractivity contribution >= 4 is 6.09 Å². The molecule has 1 aromatic carbocycles. The van der Waals surface area contributed by atoms with Crippen molar-refractivity contribution in [1.82, 2.24) is 4.90 Å². The molecule has 0 spiro atoms. The molecule has 1 aromatic rings. The molecular weight excluding hydrogens is 250 g/mol. The Balaban J connectivity index is 1.34. The molecule has 4 rings (SSSR count). The molecule has 106 valence electrons. The maximum atomic E-state index is 12.2. The van der Waals surface area contributed by atoms with E-state index in [1.54, 1.807) is 0 Å². The van der Waals surface area contributed by atoms with E-state index >= 15 is 0 Å². The van der Waals surface area contributed by atoms with Crippen molar-refractivity contribution in [3.8, 4) is 0 Å². The topological polar surface area (TPSA) is 29.5 Å². The van der Waals surface area contributed by atoms with Gasteiger partial charge in [-0.1, -0.05) is 30.3 Å². The fourth-order valence-corrected chi connectivity index (χ4v) is 4.64. The van der Waals surface area contributed by atoms with Crippen molar-refractivity contribution in [3.63, 3.8) is 0 Å². The lowest BCUT2D eigenvalue weighted by Gasteiger charge is -2.22. The summed E-state index contributed by atoms with van der Waals surface area (Å²) in [6.07, 6.45) is 4.07. The van der Waals surface area contributed by atoms with Crippen molar-refractivity contribution in [2.75, 3.05) is 13.1 Å². The van der Waals surface area contributed by atoms with Crippen LogP contribution in [0.4, 0.5) is 4.79 Å². The number of nitrogens with zero attached hydrogens (tertiary/aromatic N) is 1. The lowest BCUT2D eigenvalue weighted by molar-refractivity contribution is 0.100. The predicted molar refractivity (Wildman–Crippen MR) is 76.0 cm³/mol. The predicted octanol–water partition coefficient (Wildman–Crippen LogP) is 3.30. The largest absolute Gasteiger partial charge is 0.445 e. The summed E-state index contributed by atoms with van der Waals surface area (Å²) in [5.41, 5.74) is 1.06. The number of rotatable bonds is 2. The number of amides is 1. The maximum absolute atomic E-state index is 12.2. The molecule has 20 heavy (non-hydrogen) atoms. The average Bonchev–Trinajstić information content (AvgIpc) is 3.17. The number of benzene rings is 1. The number of likely N-dealkylation sites (tertiary alicyclic amines) is 1. The third-order valence-corrected chi connectivity index (χ3v) is 5.60. The summed E-state index contributed by atoms with van der Waals surface area (Å²) in [5.74, 6) is 3.30. The first kappa shape index (κ1) is 12.2. The molecule has 3 aliphatic rings. The summed E-state index contributed by atoms with van der Waals surface area (Å²) < 4.78 is 5.46. The summed E-state index contributed by atoms with van der Waals surface area (Å²) in [7, 11) is 0. The van der Waals surface area contributed by atoms with E-state index in [9.17, 15) is 4.79 Å². The summed E-state index contributed by atoms with van der Waals surface area (Å²) in [6.45, 7) is 2.25. The van der Waals surface area contributed by atoms with Gasteiger partial charge in [0, 0.05) is 13.1 Å². The molecule has 1 aliphatic heterocycles. The molecule has 4 atom stereocenters. The normalized spacial score (nSPS) is 34.3. The van der Waals surface area contributed by atoms with Gasteiger partial charge < -0.3 is 9.64 Å². The molecule has 3 nitrogen and oxygen atoms in total. The second kappa shape index (κ2) is 4.80. The molecule has 0 radical (unpaired) electrons. The van der Waals surface area contributed by atoms with Crippen LogP contribution < -0.4 is 0 Å². The van der Waals surface area contributed by atoms with E-state index in [0.717, 1.165) is 42.3 Å². The van der Waals surface area contributed by atoms with Crippen LogP contribution in [0.1, 0.15) is 24.8 Å². The van der Waals surface area contributed by atoms with Gasteiger partial charge in [0.2, 0.25) is 0 Å². The highest BCUT2D eigenvalue weighted by Gasteiger charge is 2.52. The number of fused-ring (bicyclic) bond motifs is 5. The maximum Gasteiger partial charge on any atom is 0.410 e. The second-order valence-corrected chi connectivity index (χ2v) is 6.61. The van der Waals surface area contributed by atoms with E-state index in [1.807, 2.05) is 35.2 Å². The molecule has 4 unspecified atom stereocenters. The van der Waals surface area contributed by atoms with E-state index in [2.05, 4.69) is 0 Å². The number of hydrogen-bond donors (Lipinski definition) is 0. The van der Waals surface area contributed by atoms with Gasteiger partial charge in [0.15, 0.2) is 0 Å². The molecule has 0 N–H and O–H groups in total. The van der Waals surface area contributed by atoms with Crippen LogP contribution in [0.3, 0.4) is 0 Å². The van der Waals surface area contributed by atoms with Crippen molar-refractivity contribution in [2.24, 2.45) is 23.7 Å². The van der Waals surface area contributed by atoms with Crippen LogP contribution in [-0.2, 0) is 11.3 Å². The fraction of sp³-hybridized carbons (Fsp3) is 0.588. The number of carbonyl (C=O) groups is 1. The molecular formula is C17H21NO2. The molecule has 3 fully saturated rings. The Morgan fingerprint density at radius 2 is 1.75 bits per heavy atom. The van der Waals surface area contributed by atoms with Gasteiger partial charge in [0.05, 0.1) is 0 Å². The van der Waals surface area contributed by atoms with E-state index in [4.69, 9.17) is 4.74 Å². The smallest absolute Gasteiger partial charge is 0.410 e. The minimum absolute atomic E-state index is 0.123. The first-order valence-electron chi connectivity index (χ1n) is 7.77. The van der Waals surface area contributed by atoms with Crippen LogP contribution in [0.25, 0.3) is 0 Å². The molecule has 3 heteroatoms. The summed E-state index contributed by atoms with van der Waals surface area (Å²) in [6, 6.07) is 9.91. The third kappa shape index (κ3) is 2.00. The number of carbonyl (C=O) groups excluding carboxylic acids is 1. The Bertz CT molecular complexity index is 483. The number of ether oxygens (including phenoxy) is 1. The third-order valence-electron chi connectivity index (χ3n) is 5.60. The Morgan fingerprint density at radius 1 is 1.10 bits per heavy atom. The van der Waals surface area contributed by atoms with E-state index in [1.165, 1.54) is 19.3 Å². The zero-order valence-electron chi connectivity index (χ0n) is 11.7. The zero-order chi connectivity index (χ0) is 13.5. The Kier molecular flexibility index (Phi) is 2.94. The van der Waals surface area contributed by atoms with Crippen LogP contribution in [0.5, 0.6) is 0 Å². The zero-order valence-corrected chi connectivity index (χ0v) is 11.7. The van der Waals surface area contributed by atoms with Crippen molar-refractivity contribution < 1.29 is 9.53 Å². The first-order valence-corrected chi connectivity index (χ1v) is 7.77. The van der Waals surface area contributed by atoms with E-state index < -0.39 is 0 Å². The van der Waals surface area contributed by atoms with Gasteiger partial charge in [0.25, 0.3) is 0 Å². The molecule has 1 saturated heterocycles. The summed E-state index contributed by atoms with van der Waals surface area (Å²) in [4.78, 5) is 14.1. The highest BCUT2D eigenvalue weighted by atomic mass is 16.6. The Hall–Kier alpha value is -1.51. The van der Waals surface area contributed by atoms with Crippen LogP contribution in [0.2, 0.25) is 0 Å². The van der Waals surface area contributed by atoms with Gasteiger partial charge in [0.1, 0.15) is 6.61 Å². The number of hydrogen-bond acceptors (Lipinski definition) is 2. The fourth-order valence-electron chi connectivity index (χ4n) is 4.64. The van der Waals surface area contributed by atoms with Crippen molar-refractivity contribution in [3.05, 3.63) is 35.9 Å².